The van der Waals surface area contributed by atoms with Gasteiger partial charge in [0.15, 0.2) is 11.6 Å². The van der Waals surface area contributed by atoms with Crippen LogP contribution in [0.15, 0.2) is 48.8 Å². The molecule has 0 bridgehead atoms. The monoisotopic (exact) mass is 541 g/mol. The summed E-state index contributed by atoms with van der Waals surface area (Å²) in [4.78, 5) is 18.3. The fourth-order valence-corrected chi connectivity index (χ4v) is 6.25. The summed E-state index contributed by atoms with van der Waals surface area (Å²) >= 11 is 6.01. The van der Waals surface area contributed by atoms with Gasteiger partial charge in [-0.25, -0.2) is 13.8 Å². The molecule has 38 heavy (non-hydrogen) atoms. The highest BCUT2D eigenvalue weighted by atomic mass is 35.5. The first kappa shape index (κ1) is 26.8. The van der Waals surface area contributed by atoms with Crippen LogP contribution in [0.3, 0.4) is 0 Å². The highest BCUT2D eigenvalue weighted by molar-refractivity contribution is 6.30. The van der Waals surface area contributed by atoms with Gasteiger partial charge in [-0.2, -0.15) is 0 Å². The second-order valence-electron chi connectivity index (χ2n) is 10.6. The molecule has 5 rings (SSSR count). The van der Waals surface area contributed by atoms with Crippen molar-refractivity contribution in [2.24, 2.45) is 5.92 Å². The predicted molar refractivity (Wildman–Crippen MR) is 144 cm³/mol. The van der Waals surface area contributed by atoms with Gasteiger partial charge in [0.05, 0.1) is 5.56 Å². The molecule has 202 valence electrons. The molecule has 1 aromatic heterocycles. The predicted octanol–water partition coefficient (Wildman–Crippen LogP) is 7.13. The number of benzene rings is 2. The molecule has 2 unspecified atom stereocenters. The van der Waals surface area contributed by atoms with E-state index in [4.69, 9.17) is 11.6 Å². The van der Waals surface area contributed by atoms with Gasteiger partial charge >= 0.3 is 0 Å². The van der Waals surface area contributed by atoms with Crippen LogP contribution in [0.25, 0.3) is 11.4 Å². The molecule has 3 aromatic rings. The van der Waals surface area contributed by atoms with Gasteiger partial charge in [0.25, 0.3) is 0 Å². The summed E-state index contributed by atoms with van der Waals surface area (Å²) in [7, 11) is 0. The summed E-state index contributed by atoms with van der Waals surface area (Å²) in [5, 5.41) is 15.0. The first-order valence-corrected chi connectivity index (χ1v) is 14.1. The number of nitrogens with zero attached hydrogens (tertiary/aromatic N) is 2. The van der Waals surface area contributed by atoms with Crippen molar-refractivity contribution in [2.75, 3.05) is 0 Å². The number of aromatic nitrogens is 2. The van der Waals surface area contributed by atoms with Crippen molar-refractivity contribution in [1.29, 1.82) is 0 Å². The van der Waals surface area contributed by atoms with E-state index in [9.17, 15) is 14.3 Å². The van der Waals surface area contributed by atoms with E-state index in [0.717, 1.165) is 63.9 Å². The quantitative estimate of drug-likeness (QED) is 0.334. The first-order chi connectivity index (χ1) is 18.4. The third-order valence-corrected chi connectivity index (χ3v) is 8.37. The van der Waals surface area contributed by atoms with Crippen LogP contribution in [0, 0.1) is 17.6 Å². The van der Waals surface area contributed by atoms with Crippen molar-refractivity contribution in [3.05, 3.63) is 76.6 Å². The third-order valence-electron chi connectivity index (χ3n) is 8.12. The van der Waals surface area contributed by atoms with Crippen LogP contribution in [-0.2, 0) is 4.79 Å². The molecule has 2 aliphatic carbocycles. The summed E-state index contributed by atoms with van der Waals surface area (Å²) in [5.74, 6) is -2.04. The smallest absolute Gasteiger partial charge is 0.243 e. The van der Waals surface area contributed by atoms with Crippen molar-refractivity contribution in [1.82, 2.24) is 14.9 Å². The zero-order chi connectivity index (χ0) is 26.6. The number of halogens is 3. The Morgan fingerprint density at radius 2 is 1.63 bits per heavy atom. The fourth-order valence-electron chi connectivity index (χ4n) is 6.13. The maximum absolute atomic E-state index is 15.6. The summed E-state index contributed by atoms with van der Waals surface area (Å²) in [6, 6.07) is 8.48. The van der Waals surface area contributed by atoms with Gasteiger partial charge in [-0.05, 0) is 60.9 Å². The van der Waals surface area contributed by atoms with Gasteiger partial charge in [0, 0.05) is 23.5 Å². The number of imidazole rings is 1. The van der Waals surface area contributed by atoms with E-state index in [1.54, 1.807) is 35.0 Å². The van der Waals surface area contributed by atoms with E-state index >= 15 is 4.39 Å². The fraction of sp³-hybridized carbons (Fsp3) is 0.467. The minimum absolute atomic E-state index is 0.0570. The molecular weight excluding hydrogens is 508 g/mol. The molecule has 5 nitrogen and oxygen atoms in total. The van der Waals surface area contributed by atoms with Crippen LogP contribution in [0.2, 0.25) is 5.02 Å². The lowest BCUT2D eigenvalue weighted by atomic mass is 9.82. The Kier molecular flexibility index (Phi) is 8.44. The molecule has 2 fully saturated rings. The van der Waals surface area contributed by atoms with Crippen molar-refractivity contribution in [3.8, 4) is 11.4 Å². The third kappa shape index (κ3) is 5.64. The summed E-state index contributed by atoms with van der Waals surface area (Å²) in [5.41, 5.74) is 0.524. The lowest BCUT2D eigenvalue weighted by molar-refractivity contribution is -0.127. The molecular formula is C30H34ClF2N3O2. The van der Waals surface area contributed by atoms with E-state index in [1.165, 1.54) is 18.7 Å². The van der Waals surface area contributed by atoms with E-state index in [2.05, 4.69) is 10.3 Å². The molecule has 1 heterocycles. The molecule has 0 radical (unpaired) electrons. The molecule has 1 amide bonds. The number of carbonyl (C=O) groups is 1. The van der Waals surface area contributed by atoms with Crippen LogP contribution in [0.1, 0.15) is 87.5 Å². The number of carbonyl (C=O) groups excluding carboxylic acids is 1. The zero-order valence-electron chi connectivity index (χ0n) is 21.4. The van der Waals surface area contributed by atoms with Gasteiger partial charge in [-0.3, -0.25) is 4.79 Å². The van der Waals surface area contributed by atoms with Crippen molar-refractivity contribution >= 4 is 17.5 Å². The average molecular weight is 542 g/mol. The number of aliphatic hydroxyl groups is 1. The minimum atomic E-state index is -1.24. The van der Waals surface area contributed by atoms with Crippen LogP contribution >= 0.6 is 11.6 Å². The molecule has 2 atom stereocenters. The Labute approximate surface area is 227 Å². The Morgan fingerprint density at radius 3 is 2.32 bits per heavy atom. The number of hydrogen-bond donors (Lipinski definition) is 2. The van der Waals surface area contributed by atoms with Crippen molar-refractivity contribution in [3.63, 3.8) is 0 Å². The summed E-state index contributed by atoms with van der Waals surface area (Å²) < 4.78 is 31.9. The average Bonchev–Trinajstić information content (AvgIpc) is 3.40. The normalized spacial score (nSPS) is 18.7. The van der Waals surface area contributed by atoms with Crippen molar-refractivity contribution < 1.29 is 18.7 Å². The second-order valence-corrected chi connectivity index (χ2v) is 11.1. The maximum Gasteiger partial charge on any atom is 0.243 e. The minimum Gasteiger partial charge on any atom is -0.384 e. The van der Waals surface area contributed by atoms with Crippen LogP contribution < -0.4 is 5.32 Å². The van der Waals surface area contributed by atoms with Gasteiger partial charge in [-0.15, -0.1) is 0 Å². The summed E-state index contributed by atoms with van der Waals surface area (Å²) in [6.07, 6.45) is 12.2. The number of aliphatic hydroxyl groups excluding tert-OH is 1. The molecule has 2 saturated carbocycles. The van der Waals surface area contributed by atoms with E-state index < -0.39 is 23.8 Å². The lowest BCUT2D eigenvalue weighted by Gasteiger charge is -2.33. The van der Waals surface area contributed by atoms with Crippen molar-refractivity contribution in [2.45, 2.75) is 82.4 Å². The highest BCUT2D eigenvalue weighted by Gasteiger charge is 2.35. The second kappa shape index (κ2) is 12.0. The zero-order valence-corrected chi connectivity index (χ0v) is 22.1. The SMILES string of the molecule is O=C(NC1CCCCC1)C(C1CCCCC1)n1ccnc1-c1c(C(O)c2ccc(Cl)cc2)ccc(F)c1F. The first-order valence-electron chi connectivity index (χ1n) is 13.7. The number of amides is 1. The Bertz CT molecular complexity index is 1250. The van der Waals surface area contributed by atoms with Gasteiger partial charge < -0.3 is 15.0 Å². The van der Waals surface area contributed by atoms with E-state index in [1.807, 2.05) is 0 Å². The van der Waals surface area contributed by atoms with Gasteiger partial charge in [0.1, 0.15) is 18.0 Å². The molecule has 2 N–H and O–H groups in total. The topological polar surface area (TPSA) is 67.2 Å². The van der Waals surface area contributed by atoms with Gasteiger partial charge in [0.2, 0.25) is 5.91 Å². The molecule has 2 aliphatic rings. The number of hydrogen-bond acceptors (Lipinski definition) is 3. The standard InChI is InChI=1S/C30H34ClF2N3O2/c31-21-13-11-20(12-14-21)28(37)23-15-16-24(32)26(33)25(23)29-34-17-18-36(29)27(19-7-3-1-4-8-19)30(38)35-22-9-5-2-6-10-22/h11-19,22,27-28,37H,1-10H2,(H,35,38). The molecule has 8 heteroatoms. The van der Waals surface area contributed by atoms with E-state index in [-0.39, 0.29) is 34.8 Å². The molecule has 2 aromatic carbocycles. The highest BCUT2D eigenvalue weighted by Crippen LogP contribution is 2.39. The van der Waals surface area contributed by atoms with E-state index in [0.29, 0.717) is 10.6 Å². The molecule has 0 saturated heterocycles. The largest absolute Gasteiger partial charge is 0.384 e. The van der Waals surface area contributed by atoms with Gasteiger partial charge in [-0.1, -0.05) is 68.3 Å². The lowest BCUT2D eigenvalue weighted by Crippen LogP contribution is -2.43. The van der Waals surface area contributed by atoms with Crippen LogP contribution in [-0.4, -0.2) is 26.6 Å². The Morgan fingerprint density at radius 1 is 0.974 bits per heavy atom. The Balaban J connectivity index is 1.57. The van der Waals surface area contributed by atoms with Crippen LogP contribution in [0.5, 0.6) is 0 Å². The number of rotatable bonds is 7. The maximum atomic E-state index is 15.6. The number of nitrogens with one attached hydrogen (secondary N) is 1. The molecule has 0 spiro atoms. The van der Waals surface area contributed by atoms with Crippen LogP contribution in [0.4, 0.5) is 8.78 Å². The Hall–Kier alpha value is -2.77. The molecule has 0 aliphatic heterocycles. The summed E-state index contributed by atoms with van der Waals surface area (Å²) in [6.45, 7) is 0.